The second-order valence-electron chi connectivity index (χ2n) is 5.58. The van der Waals surface area contributed by atoms with E-state index in [4.69, 9.17) is 5.11 Å². The maximum absolute atomic E-state index is 11.1. The molecule has 1 aromatic heterocycles. The predicted molar refractivity (Wildman–Crippen MR) is 65.1 cm³/mol. The zero-order chi connectivity index (χ0) is 13.3. The summed E-state index contributed by atoms with van der Waals surface area (Å²) in [4.78, 5) is 11.1. The van der Waals surface area contributed by atoms with Gasteiger partial charge in [0, 0.05) is 5.41 Å². The Hall–Kier alpha value is -1.46. The lowest BCUT2D eigenvalue weighted by Crippen LogP contribution is -2.29. The summed E-state index contributed by atoms with van der Waals surface area (Å²) >= 11 is 0. The van der Waals surface area contributed by atoms with Crippen LogP contribution in [0.15, 0.2) is 0 Å². The van der Waals surface area contributed by atoms with Crippen LogP contribution in [0.1, 0.15) is 58.3 Å². The third kappa shape index (κ3) is 2.11. The first-order chi connectivity index (χ1) is 8.46. The summed E-state index contributed by atoms with van der Waals surface area (Å²) in [6, 6.07) is -0.232. The molecule has 1 aliphatic rings. The molecule has 0 bridgehead atoms. The van der Waals surface area contributed by atoms with Crippen LogP contribution in [0.3, 0.4) is 0 Å². The van der Waals surface area contributed by atoms with Crippen molar-refractivity contribution in [3.05, 3.63) is 5.82 Å². The quantitative estimate of drug-likeness (QED) is 0.883. The molecule has 1 fully saturated rings. The first-order valence-electron chi connectivity index (χ1n) is 6.47. The summed E-state index contributed by atoms with van der Waals surface area (Å²) in [5, 5.41) is 21.0. The van der Waals surface area contributed by atoms with E-state index >= 15 is 0 Å². The lowest BCUT2D eigenvalue weighted by Gasteiger charge is -2.25. The van der Waals surface area contributed by atoms with Gasteiger partial charge < -0.3 is 5.11 Å². The minimum Gasteiger partial charge on any atom is -0.481 e. The van der Waals surface area contributed by atoms with E-state index in [2.05, 4.69) is 22.4 Å². The van der Waals surface area contributed by atoms with E-state index in [0.29, 0.717) is 0 Å². The number of hydrogen-bond donors (Lipinski definition) is 1. The summed E-state index contributed by atoms with van der Waals surface area (Å²) in [5.74, 6) is -0.488. The Bertz CT molecular complexity index is 437. The van der Waals surface area contributed by atoms with Crippen LogP contribution in [-0.2, 0) is 10.2 Å². The molecule has 0 saturated heterocycles. The molecule has 2 rings (SSSR count). The third-order valence-corrected chi connectivity index (χ3v) is 4.24. The summed E-state index contributed by atoms with van der Waals surface area (Å²) in [7, 11) is 0. The molecule has 6 nitrogen and oxygen atoms in total. The lowest BCUT2D eigenvalue weighted by molar-refractivity contribution is -0.142. The van der Waals surface area contributed by atoms with Gasteiger partial charge in [-0.3, -0.25) is 4.79 Å². The fourth-order valence-electron chi connectivity index (χ4n) is 2.66. The number of nitrogens with zero attached hydrogens (tertiary/aromatic N) is 4. The van der Waals surface area contributed by atoms with E-state index in [-0.39, 0.29) is 11.5 Å². The molecular formula is C12H20N4O2. The number of carboxylic acids is 1. The van der Waals surface area contributed by atoms with Crippen molar-refractivity contribution in [1.29, 1.82) is 0 Å². The van der Waals surface area contributed by atoms with Gasteiger partial charge in [-0.15, -0.1) is 5.10 Å². The molecule has 1 saturated carbocycles. The van der Waals surface area contributed by atoms with Gasteiger partial charge in [0.25, 0.3) is 0 Å². The summed E-state index contributed by atoms with van der Waals surface area (Å²) in [6.45, 7) is 5.72. The number of rotatable bonds is 4. The van der Waals surface area contributed by atoms with Gasteiger partial charge in [-0.2, -0.15) is 0 Å². The summed E-state index contributed by atoms with van der Waals surface area (Å²) < 4.78 is 1.70. The average Bonchev–Trinajstić information content (AvgIpc) is 2.95. The molecule has 18 heavy (non-hydrogen) atoms. The molecule has 0 amide bonds. The van der Waals surface area contributed by atoms with Crippen molar-refractivity contribution in [2.24, 2.45) is 5.92 Å². The number of carboxylic acid groups (broad SMARTS) is 1. The van der Waals surface area contributed by atoms with Gasteiger partial charge in [0.15, 0.2) is 5.82 Å². The Morgan fingerprint density at radius 3 is 2.56 bits per heavy atom. The van der Waals surface area contributed by atoms with Crippen molar-refractivity contribution in [1.82, 2.24) is 20.2 Å². The van der Waals surface area contributed by atoms with Gasteiger partial charge in [-0.05, 0) is 37.1 Å². The predicted octanol–water partition coefficient (Wildman–Crippen LogP) is 1.79. The van der Waals surface area contributed by atoms with E-state index in [0.717, 1.165) is 18.7 Å². The first-order valence-corrected chi connectivity index (χ1v) is 6.47. The highest BCUT2D eigenvalue weighted by Crippen LogP contribution is 2.40. The zero-order valence-electron chi connectivity index (χ0n) is 11.1. The van der Waals surface area contributed by atoms with Crippen LogP contribution in [0.2, 0.25) is 0 Å². The molecule has 6 heteroatoms. The maximum Gasteiger partial charge on any atom is 0.308 e. The molecule has 0 spiro atoms. The van der Waals surface area contributed by atoms with E-state index in [1.54, 1.807) is 11.6 Å². The van der Waals surface area contributed by atoms with Gasteiger partial charge in [0.1, 0.15) is 0 Å². The largest absolute Gasteiger partial charge is 0.481 e. The number of aromatic nitrogens is 4. The van der Waals surface area contributed by atoms with Crippen molar-refractivity contribution in [2.45, 2.75) is 57.9 Å². The van der Waals surface area contributed by atoms with Crippen LogP contribution in [0.4, 0.5) is 0 Å². The second kappa shape index (κ2) is 4.66. The van der Waals surface area contributed by atoms with Crippen LogP contribution in [0.25, 0.3) is 0 Å². The molecule has 1 N–H and O–H groups in total. The fraction of sp³-hybridized carbons (Fsp3) is 0.833. The summed E-state index contributed by atoms with van der Waals surface area (Å²) in [5.41, 5.74) is -0.00398. The minimum atomic E-state index is -0.819. The van der Waals surface area contributed by atoms with Crippen LogP contribution in [0, 0.1) is 5.92 Å². The molecule has 0 aromatic carbocycles. The van der Waals surface area contributed by atoms with Crippen LogP contribution >= 0.6 is 0 Å². The topological polar surface area (TPSA) is 80.9 Å². The standard InChI is InChI=1S/C12H20N4O2/c1-8(10(17)18)9(2)16-11(13-14-15-16)12(3)6-4-5-7-12/h8-9H,4-7H2,1-3H3,(H,17,18). The van der Waals surface area contributed by atoms with E-state index < -0.39 is 11.9 Å². The third-order valence-electron chi connectivity index (χ3n) is 4.24. The summed E-state index contributed by atoms with van der Waals surface area (Å²) in [6.07, 6.45) is 4.52. The van der Waals surface area contributed by atoms with Crippen molar-refractivity contribution < 1.29 is 9.90 Å². The molecule has 100 valence electrons. The van der Waals surface area contributed by atoms with Crippen LogP contribution < -0.4 is 0 Å². The molecule has 2 atom stereocenters. The SMILES string of the molecule is CC(C(=O)O)C(C)n1nnnc1C1(C)CCCC1. The van der Waals surface area contributed by atoms with E-state index in [9.17, 15) is 4.79 Å². The van der Waals surface area contributed by atoms with Gasteiger partial charge in [-0.25, -0.2) is 4.68 Å². The second-order valence-corrected chi connectivity index (χ2v) is 5.58. The molecule has 1 aliphatic carbocycles. The Morgan fingerprint density at radius 2 is 2.00 bits per heavy atom. The Balaban J connectivity index is 2.30. The number of tetrazole rings is 1. The highest BCUT2D eigenvalue weighted by molar-refractivity contribution is 5.70. The van der Waals surface area contributed by atoms with E-state index in [1.807, 2.05) is 6.92 Å². The van der Waals surface area contributed by atoms with Gasteiger partial charge in [0.2, 0.25) is 0 Å². The van der Waals surface area contributed by atoms with Crippen molar-refractivity contribution >= 4 is 5.97 Å². The monoisotopic (exact) mass is 252 g/mol. The van der Waals surface area contributed by atoms with Crippen molar-refractivity contribution in [3.63, 3.8) is 0 Å². The van der Waals surface area contributed by atoms with Crippen molar-refractivity contribution in [3.8, 4) is 0 Å². The zero-order valence-corrected chi connectivity index (χ0v) is 11.1. The molecular weight excluding hydrogens is 232 g/mol. The minimum absolute atomic E-state index is 0.00398. The van der Waals surface area contributed by atoms with Gasteiger partial charge in [-0.1, -0.05) is 19.8 Å². The molecule has 0 radical (unpaired) electrons. The average molecular weight is 252 g/mol. The van der Waals surface area contributed by atoms with Crippen LogP contribution in [-0.4, -0.2) is 31.3 Å². The number of aliphatic carboxylic acids is 1. The van der Waals surface area contributed by atoms with Gasteiger partial charge >= 0.3 is 5.97 Å². The van der Waals surface area contributed by atoms with Gasteiger partial charge in [0.05, 0.1) is 12.0 Å². The Morgan fingerprint density at radius 1 is 1.39 bits per heavy atom. The van der Waals surface area contributed by atoms with E-state index in [1.165, 1.54) is 12.8 Å². The Labute approximate surface area is 106 Å². The molecule has 0 aliphatic heterocycles. The molecule has 2 unspecified atom stereocenters. The highest BCUT2D eigenvalue weighted by atomic mass is 16.4. The van der Waals surface area contributed by atoms with Crippen LogP contribution in [0.5, 0.6) is 0 Å². The normalized spacial score (nSPS) is 21.7. The number of carbonyl (C=O) groups is 1. The number of hydrogen-bond acceptors (Lipinski definition) is 4. The smallest absolute Gasteiger partial charge is 0.308 e. The first kappa shape index (κ1) is 13.0. The maximum atomic E-state index is 11.1. The lowest BCUT2D eigenvalue weighted by atomic mass is 9.87. The highest BCUT2D eigenvalue weighted by Gasteiger charge is 2.37. The fourth-order valence-corrected chi connectivity index (χ4v) is 2.66. The molecule has 1 heterocycles. The molecule has 1 aromatic rings. The Kier molecular flexibility index (Phi) is 3.36. The van der Waals surface area contributed by atoms with Crippen molar-refractivity contribution in [2.75, 3.05) is 0 Å².